The molecule has 3 atom stereocenters. The Morgan fingerprint density at radius 2 is 1.81 bits per heavy atom. The number of hydrogen-bond acceptors (Lipinski definition) is 3. The number of carboxylic acids is 1. The van der Waals surface area contributed by atoms with Crippen LogP contribution < -0.4 is 5.32 Å². The van der Waals surface area contributed by atoms with Gasteiger partial charge in [0.2, 0.25) is 5.91 Å². The molecule has 0 rings (SSSR count). The summed E-state index contributed by atoms with van der Waals surface area (Å²) in [7, 11) is 0. The number of rotatable bonds is 7. The molecule has 0 aromatic heterocycles. The van der Waals surface area contributed by atoms with Crippen molar-refractivity contribution < 1.29 is 19.4 Å². The van der Waals surface area contributed by atoms with E-state index < -0.39 is 18.2 Å². The van der Waals surface area contributed by atoms with Crippen molar-refractivity contribution in [1.82, 2.24) is 5.32 Å². The molecule has 94 valence electrons. The van der Waals surface area contributed by atoms with E-state index >= 15 is 0 Å². The van der Waals surface area contributed by atoms with Crippen LogP contribution in [0, 0.1) is 0 Å². The van der Waals surface area contributed by atoms with Crippen molar-refractivity contribution >= 4 is 11.9 Å². The van der Waals surface area contributed by atoms with Gasteiger partial charge in [0.1, 0.15) is 6.10 Å². The lowest BCUT2D eigenvalue weighted by Crippen LogP contribution is -2.42. The highest BCUT2D eigenvalue weighted by molar-refractivity contribution is 5.81. The third-order valence-corrected chi connectivity index (χ3v) is 2.24. The lowest BCUT2D eigenvalue weighted by molar-refractivity contribution is -0.155. The summed E-state index contributed by atoms with van der Waals surface area (Å²) in [5.41, 5.74) is 0. The number of ether oxygens (including phenoxy) is 1. The summed E-state index contributed by atoms with van der Waals surface area (Å²) < 4.78 is 5.04. The molecule has 0 fully saturated rings. The molecule has 0 saturated carbocycles. The molecule has 0 spiro atoms. The van der Waals surface area contributed by atoms with Crippen LogP contribution in [0.5, 0.6) is 0 Å². The Kier molecular flexibility index (Phi) is 6.72. The minimum Gasteiger partial charge on any atom is -0.479 e. The van der Waals surface area contributed by atoms with Gasteiger partial charge in [-0.05, 0) is 27.2 Å². The van der Waals surface area contributed by atoms with E-state index in [-0.39, 0.29) is 11.9 Å². The molecule has 5 heteroatoms. The molecule has 16 heavy (non-hydrogen) atoms. The lowest BCUT2D eigenvalue weighted by Gasteiger charge is -2.19. The van der Waals surface area contributed by atoms with Crippen LogP contribution in [0.2, 0.25) is 0 Å². The van der Waals surface area contributed by atoms with E-state index in [1.165, 1.54) is 6.92 Å². The fourth-order valence-corrected chi connectivity index (χ4v) is 1.29. The van der Waals surface area contributed by atoms with E-state index in [1.54, 1.807) is 6.92 Å². The van der Waals surface area contributed by atoms with Gasteiger partial charge >= 0.3 is 5.97 Å². The topological polar surface area (TPSA) is 75.6 Å². The van der Waals surface area contributed by atoms with Crippen molar-refractivity contribution in [2.24, 2.45) is 0 Å². The number of nitrogens with one attached hydrogen (secondary N) is 1. The van der Waals surface area contributed by atoms with E-state index in [0.717, 1.165) is 12.8 Å². The van der Waals surface area contributed by atoms with Crippen LogP contribution in [0.15, 0.2) is 0 Å². The number of amides is 1. The quantitative estimate of drug-likeness (QED) is 0.689. The summed E-state index contributed by atoms with van der Waals surface area (Å²) in [6, 6.07) is 0.0867. The Labute approximate surface area is 96.2 Å². The summed E-state index contributed by atoms with van der Waals surface area (Å²) in [6.07, 6.45) is 0.169. The van der Waals surface area contributed by atoms with Crippen LogP contribution in [-0.2, 0) is 14.3 Å². The monoisotopic (exact) mass is 231 g/mol. The summed E-state index contributed by atoms with van der Waals surface area (Å²) >= 11 is 0. The van der Waals surface area contributed by atoms with Gasteiger partial charge < -0.3 is 15.2 Å². The first-order valence-corrected chi connectivity index (χ1v) is 5.57. The Balaban J connectivity index is 4.03. The Bertz CT molecular complexity index is 242. The largest absolute Gasteiger partial charge is 0.479 e. The summed E-state index contributed by atoms with van der Waals surface area (Å²) in [6.45, 7) is 6.90. The Morgan fingerprint density at radius 1 is 1.25 bits per heavy atom. The number of hydrogen-bond donors (Lipinski definition) is 2. The van der Waals surface area contributed by atoms with Gasteiger partial charge in [-0.15, -0.1) is 0 Å². The highest BCUT2D eigenvalue weighted by atomic mass is 16.5. The standard InChI is InChI=1S/C11H21NO4/c1-5-6-7(2)12-10(13)8(3)16-9(4)11(14)15/h7-9H,5-6H2,1-4H3,(H,12,13)(H,14,15)/t7?,8?,9-/m1/s1. The van der Waals surface area contributed by atoms with Crippen molar-refractivity contribution in [3.05, 3.63) is 0 Å². The molecule has 0 bridgehead atoms. The zero-order valence-corrected chi connectivity index (χ0v) is 10.3. The van der Waals surface area contributed by atoms with E-state index in [9.17, 15) is 9.59 Å². The molecule has 0 aromatic carbocycles. The molecule has 0 radical (unpaired) electrons. The van der Waals surface area contributed by atoms with Crippen LogP contribution >= 0.6 is 0 Å². The maximum absolute atomic E-state index is 11.6. The van der Waals surface area contributed by atoms with Crippen molar-refractivity contribution in [2.45, 2.75) is 58.8 Å². The average molecular weight is 231 g/mol. The summed E-state index contributed by atoms with van der Waals surface area (Å²) in [4.78, 5) is 22.1. The van der Waals surface area contributed by atoms with Gasteiger partial charge in [-0.25, -0.2) is 4.79 Å². The number of carbonyl (C=O) groups excluding carboxylic acids is 1. The minimum absolute atomic E-state index is 0.0867. The van der Waals surface area contributed by atoms with Gasteiger partial charge in [0.25, 0.3) is 0 Å². The molecule has 0 aliphatic heterocycles. The van der Waals surface area contributed by atoms with Crippen LogP contribution in [0.1, 0.15) is 40.5 Å². The first-order chi connectivity index (χ1) is 7.38. The normalized spacial score (nSPS) is 16.2. The van der Waals surface area contributed by atoms with E-state index in [2.05, 4.69) is 5.32 Å². The maximum Gasteiger partial charge on any atom is 0.332 e. The molecule has 0 heterocycles. The SMILES string of the molecule is CCCC(C)NC(=O)C(C)O[C@H](C)C(=O)O. The predicted octanol–water partition coefficient (Wildman–Crippen LogP) is 1.17. The molecule has 0 aromatic rings. The molecular weight excluding hydrogens is 210 g/mol. The van der Waals surface area contributed by atoms with Gasteiger partial charge in [0, 0.05) is 6.04 Å². The van der Waals surface area contributed by atoms with E-state index in [0.29, 0.717) is 0 Å². The molecule has 2 unspecified atom stereocenters. The van der Waals surface area contributed by atoms with Crippen molar-refractivity contribution in [3.8, 4) is 0 Å². The summed E-state index contributed by atoms with van der Waals surface area (Å²) in [5.74, 6) is -1.34. The summed E-state index contributed by atoms with van der Waals surface area (Å²) in [5, 5.41) is 11.4. The molecular formula is C11H21NO4. The highest BCUT2D eigenvalue weighted by Crippen LogP contribution is 2.01. The van der Waals surface area contributed by atoms with Crippen LogP contribution in [-0.4, -0.2) is 35.2 Å². The van der Waals surface area contributed by atoms with Gasteiger partial charge in [-0.2, -0.15) is 0 Å². The fourth-order valence-electron chi connectivity index (χ4n) is 1.29. The lowest BCUT2D eigenvalue weighted by atomic mass is 10.2. The average Bonchev–Trinajstić information content (AvgIpc) is 2.17. The van der Waals surface area contributed by atoms with Crippen LogP contribution in [0.25, 0.3) is 0 Å². The first kappa shape index (κ1) is 14.9. The molecule has 0 aliphatic carbocycles. The van der Waals surface area contributed by atoms with Crippen LogP contribution in [0.3, 0.4) is 0 Å². The molecule has 0 aliphatic rings. The van der Waals surface area contributed by atoms with E-state index in [1.807, 2.05) is 13.8 Å². The van der Waals surface area contributed by atoms with Gasteiger partial charge in [0.15, 0.2) is 6.10 Å². The van der Waals surface area contributed by atoms with Crippen molar-refractivity contribution in [1.29, 1.82) is 0 Å². The zero-order valence-electron chi connectivity index (χ0n) is 10.3. The molecule has 1 amide bonds. The van der Waals surface area contributed by atoms with Crippen LogP contribution in [0.4, 0.5) is 0 Å². The van der Waals surface area contributed by atoms with Gasteiger partial charge in [0.05, 0.1) is 0 Å². The Hall–Kier alpha value is -1.10. The van der Waals surface area contributed by atoms with Crippen molar-refractivity contribution in [2.75, 3.05) is 0 Å². The number of aliphatic carboxylic acids is 1. The smallest absolute Gasteiger partial charge is 0.332 e. The second-order valence-electron chi connectivity index (χ2n) is 3.96. The van der Waals surface area contributed by atoms with Gasteiger partial charge in [-0.1, -0.05) is 13.3 Å². The second-order valence-corrected chi connectivity index (χ2v) is 3.96. The predicted molar refractivity (Wildman–Crippen MR) is 60.2 cm³/mol. The zero-order chi connectivity index (χ0) is 12.7. The molecule has 5 nitrogen and oxygen atoms in total. The third kappa shape index (κ3) is 5.70. The number of carbonyl (C=O) groups is 2. The minimum atomic E-state index is -1.07. The molecule has 2 N–H and O–H groups in total. The molecule has 0 saturated heterocycles. The van der Waals surface area contributed by atoms with Gasteiger partial charge in [-0.3, -0.25) is 4.79 Å². The number of carboxylic acid groups (broad SMARTS) is 1. The highest BCUT2D eigenvalue weighted by Gasteiger charge is 2.21. The first-order valence-electron chi connectivity index (χ1n) is 5.57. The fraction of sp³-hybridized carbons (Fsp3) is 0.818. The second kappa shape index (κ2) is 7.22. The maximum atomic E-state index is 11.6. The Morgan fingerprint density at radius 3 is 2.25 bits per heavy atom. The van der Waals surface area contributed by atoms with Crippen molar-refractivity contribution in [3.63, 3.8) is 0 Å². The third-order valence-electron chi connectivity index (χ3n) is 2.24. The van der Waals surface area contributed by atoms with E-state index in [4.69, 9.17) is 9.84 Å².